The molecule has 0 aliphatic heterocycles. The number of aromatic nitrogens is 1. The molecule has 1 aromatic heterocycles. The zero-order valence-electron chi connectivity index (χ0n) is 10.1. The molecule has 0 atom stereocenters. The molecular weight excluding hydrogens is 300 g/mol. The molecule has 0 saturated carbocycles. The maximum absolute atomic E-state index is 5.01. The van der Waals surface area contributed by atoms with E-state index in [1.807, 2.05) is 0 Å². The average Bonchev–Trinajstić information content (AvgIpc) is 2.71. The molecule has 0 bridgehead atoms. The Hall–Kier alpha value is -0.650. The first-order valence-electron chi connectivity index (χ1n) is 5.42. The molecule has 1 heterocycles. The van der Waals surface area contributed by atoms with Gasteiger partial charge in [-0.05, 0) is 31.0 Å². The van der Waals surface area contributed by atoms with Crippen LogP contribution in [0.5, 0.6) is 0 Å². The van der Waals surface area contributed by atoms with Crippen molar-refractivity contribution < 1.29 is 4.74 Å². The minimum absolute atomic E-state index is 0.692. The van der Waals surface area contributed by atoms with Crippen molar-refractivity contribution in [3.05, 3.63) is 21.7 Å². The molecule has 0 aliphatic carbocycles. The number of halogens is 1. The number of thiazole rings is 1. The number of rotatable bonds is 4. The third kappa shape index (κ3) is 2.61. The first-order valence-corrected chi connectivity index (χ1v) is 7.03. The van der Waals surface area contributed by atoms with E-state index < -0.39 is 0 Å². The van der Waals surface area contributed by atoms with E-state index in [1.165, 1.54) is 15.8 Å². The molecule has 0 aliphatic rings. The van der Waals surface area contributed by atoms with E-state index in [0.717, 1.165) is 21.7 Å². The van der Waals surface area contributed by atoms with Gasteiger partial charge in [-0.15, -0.1) is 0 Å². The number of benzene rings is 1. The van der Waals surface area contributed by atoms with Crippen LogP contribution in [0.15, 0.2) is 10.5 Å². The molecule has 0 spiro atoms. The van der Waals surface area contributed by atoms with Gasteiger partial charge in [0.25, 0.3) is 0 Å². The van der Waals surface area contributed by atoms with Gasteiger partial charge >= 0.3 is 0 Å². The molecule has 0 amide bonds. The van der Waals surface area contributed by atoms with Gasteiger partial charge in [0.15, 0.2) is 5.13 Å². The molecule has 1 aromatic carbocycles. The first-order chi connectivity index (χ1) is 8.13. The Morgan fingerprint density at radius 1 is 1.47 bits per heavy atom. The van der Waals surface area contributed by atoms with Crippen molar-refractivity contribution in [2.75, 3.05) is 25.6 Å². The molecule has 92 valence electrons. The monoisotopic (exact) mass is 314 g/mol. The average molecular weight is 315 g/mol. The molecule has 0 saturated heterocycles. The lowest BCUT2D eigenvalue weighted by molar-refractivity contribution is 0.211. The Bertz CT molecular complexity index is 539. The zero-order valence-corrected chi connectivity index (χ0v) is 12.5. The van der Waals surface area contributed by atoms with Gasteiger partial charge in [-0.3, -0.25) is 0 Å². The molecule has 5 heteroatoms. The summed E-state index contributed by atoms with van der Waals surface area (Å²) in [4.78, 5) is 4.62. The smallest absolute Gasteiger partial charge is 0.183 e. The molecule has 0 radical (unpaired) electrons. The Morgan fingerprint density at radius 2 is 2.24 bits per heavy atom. The summed E-state index contributed by atoms with van der Waals surface area (Å²) in [5, 5.41) is 4.24. The summed E-state index contributed by atoms with van der Waals surface area (Å²) in [6.45, 7) is 5.68. The Kier molecular flexibility index (Phi) is 4.01. The normalized spacial score (nSPS) is 11.1. The highest BCUT2D eigenvalue weighted by Gasteiger charge is 2.10. The zero-order chi connectivity index (χ0) is 12.4. The summed E-state index contributed by atoms with van der Waals surface area (Å²) in [6, 6.07) is 2.12. The van der Waals surface area contributed by atoms with Crippen LogP contribution in [-0.2, 0) is 4.74 Å². The van der Waals surface area contributed by atoms with Gasteiger partial charge in [0.2, 0.25) is 0 Å². The topological polar surface area (TPSA) is 34.1 Å². The van der Waals surface area contributed by atoms with Crippen molar-refractivity contribution >= 4 is 42.6 Å². The standard InChI is InChI=1S/C12H15BrN2OS/c1-7-6-9(13)8(2)11-10(7)15-12(17-11)14-4-5-16-3/h6H,4-5H2,1-3H3,(H,14,15). The van der Waals surface area contributed by atoms with Gasteiger partial charge in [0.05, 0.1) is 16.8 Å². The van der Waals surface area contributed by atoms with Crippen LogP contribution in [0.25, 0.3) is 10.2 Å². The molecule has 3 nitrogen and oxygen atoms in total. The van der Waals surface area contributed by atoms with Gasteiger partial charge in [0.1, 0.15) is 0 Å². The van der Waals surface area contributed by atoms with Crippen LogP contribution in [0, 0.1) is 13.8 Å². The van der Waals surface area contributed by atoms with Crippen molar-refractivity contribution in [2.45, 2.75) is 13.8 Å². The van der Waals surface area contributed by atoms with Gasteiger partial charge in [-0.25, -0.2) is 4.98 Å². The summed E-state index contributed by atoms with van der Waals surface area (Å²) >= 11 is 5.27. The van der Waals surface area contributed by atoms with Crippen LogP contribution in [0.2, 0.25) is 0 Å². The highest BCUT2D eigenvalue weighted by atomic mass is 79.9. The summed E-state index contributed by atoms with van der Waals surface area (Å²) in [5.74, 6) is 0. The van der Waals surface area contributed by atoms with Crippen molar-refractivity contribution in [3.63, 3.8) is 0 Å². The van der Waals surface area contributed by atoms with Crippen LogP contribution < -0.4 is 5.32 Å². The quantitative estimate of drug-likeness (QED) is 0.873. The first kappa shape index (κ1) is 12.8. The summed E-state index contributed by atoms with van der Waals surface area (Å²) in [5.41, 5.74) is 3.55. The minimum atomic E-state index is 0.692. The number of nitrogens with one attached hydrogen (secondary N) is 1. The maximum Gasteiger partial charge on any atom is 0.183 e. The van der Waals surface area contributed by atoms with E-state index in [1.54, 1.807) is 18.4 Å². The predicted molar refractivity (Wildman–Crippen MR) is 77.2 cm³/mol. The fourth-order valence-corrected chi connectivity index (χ4v) is 3.40. The second-order valence-electron chi connectivity index (χ2n) is 3.92. The third-order valence-electron chi connectivity index (χ3n) is 2.63. The lowest BCUT2D eigenvalue weighted by Gasteiger charge is -2.01. The number of methoxy groups -OCH3 is 1. The fourth-order valence-electron chi connectivity index (χ4n) is 1.65. The van der Waals surface area contributed by atoms with E-state index in [2.05, 4.69) is 46.1 Å². The maximum atomic E-state index is 5.01. The number of hydrogen-bond donors (Lipinski definition) is 1. The van der Waals surface area contributed by atoms with Crippen LogP contribution >= 0.6 is 27.3 Å². The number of ether oxygens (including phenoxy) is 1. The number of fused-ring (bicyclic) bond motifs is 1. The van der Waals surface area contributed by atoms with Gasteiger partial charge in [-0.1, -0.05) is 27.3 Å². The van der Waals surface area contributed by atoms with Crippen LogP contribution in [0.1, 0.15) is 11.1 Å². The lowest BCUT2D eigenvalue weighted by Crippen LogP contribution is -2.06. The van der Waals surface area contributed by atoms with E-state index in [0.29, 0.717) is 6.61 Å². The van der Waals surface area contributed by atoms with E-state index >= 15 is 0 Å². The second kappa shape index (κ2) is 5.33. The van der Waals surface area contributed by atoms with Gasteiger partial charge < -0.3 is 10.1 Å². The Balaban J connectivity index is 2.36. The van der Waals surface area contributed by atoms with Crippen LogP contribution in [0.4, 0.5) is 5.13 Å². The highest BCUT2D eigenvalue weighted by molar-refractivity contribution is 9.10. The largest absolute Gasteiger partial charge is 0.383 e. The number of aryl methyl sites for hydroxylation is 2. The van der Waals surface area contributed by atoms with Crippen molar-refractivity contribution in [2.24, 2.45) is 0 Å². The predicted octanol–water partition coefficient (Wildman–Crippen LogP) is 3.73. The lowest BCUT2D eigenvalue weighted by atomic mass is 10.1. The number of anilines is 1. The highest BCUT2D eigenvalue weighted by Crippen LogP contribution is 2.34. The molecule has 17 heavy (non-hydrogen) atoms. The number of hydrogen-bond acceptors (Lipinski definition) is 4. The Morgan fingerprint density at radius 3 is 2.94 bits per heavy atom. The van der Waals surface area contributed by atoms with Gasteiger partial charge in [0, 0.05) is 18.1 Å². The fraction of sp³-hybridized carbons (Fsp3) is 0.417. The van der Waals surface area contributed by atoms with Crippen LogP contribution in [-0.4, -0.2) is 25.2 Å². The van der Waals surface area contributed by atoms with Gasteiger partial charge in [-0.2, -0.15) is 0 Å². The summed E-state index contributed by atoms with van der Waals surface area (Å²) in [6.07, 6.45) is 0. The Labute approximate surface area is 113 Å². The van der Waals surface area contributed by atoms with E-state index in [-0.39, 0.29) is 0 Å². The molecule has 0 fully saturated rings. The van der Waals surface area contributed by atoms with Crippen molar-refractivity contribution in [1.82, 2.24) is 4.98 Å². The number of nitrogens with zero attached hydrogens (tertiary/aromatic N) is 1. The second-order valence-corrected chi connectivity index (χ2v) is 5.77. The summed E-state index contributed by atoms with van der Waals surface area (Å²) in [7, 11) is 1.70. The third-order valence-corrected chi connectivity index (χ3v) is 4.58. The minimum Gasteiger partial charge on any atom is -0.383 e. The molecule has 1 N–H and O–H groups in total. The molecule has 2 aromatic rings. The SMILES string of the molecule is COCCNc1nc2c(C)cc(Br)c(C)c2s1. The van der Waals surface area contributed by atoms with Crippen LogP contribution in [0.3, 0.4) is 0 Å². The van der Waals surface area contributed by atoms with Crippen molar-refractivity contribution in [3.8, 4) is 0 Å². The molecular formula is C12H15BrN2OS. The molecule has 2 rings (SSSR count). The van der Waals surface area contributed by atoms with Crippen molar-refractivity contribution in [1.29, 1.82) is 0 Å². The molecule has 0 unspecified atom stereocenters. The summed E-state index contributed by atoms with van der Waals surface area (Å²) < 4.78 is 7.41. The van der Waals surface area contributed by atoms with E-state index in [4.69, 9.17) is 4.74 Å². The van der Waals surface area contributed by atoms with E-state index in [9.17, 15) is 0 Å².